The molecule has 0 aliphatic rings. The molecule has 0 aromatic carbocycles. The fraction of sp³-hybridized carbons (Fsp3) is 1.00. The number of hydrogen-bond acceptors (Lipinski definition) is 5. The summed E-state index contributed by atoms with van der Waals surface area (Å²) in [5.74, 6) is 0. The number of aliphatic hydroxyl groups excluding tert-OH is 3. The Kier molecular flexibility index (Phi) is 18.6. The molecule has 5 nitrogen and oxygen atoms in total. The van der Waals surface area contributed by atoms with Crippen LogP contribution in [0.4, 0.5) is 0 Å². The van der Waals surface area contributed by atoms with Crippen LogP contribution in [0.5, 0.6) is 0 Å². The van der Waals surface area contributed by atoms with Crippen molar-refractivity contribution in [2.24, 2.45) is 5.73 Å². The molecule has 0 saturated heterocycles. The minimum atomic E-state index is 0.0694. The van der Waals surface area contributed by atoms with Crippen molar-refractivity contribution < 1.29 is 15.3 Å². The normalized spacial score (nSPS) is 10.0. The van der Waals surface area contributed by atoms with Crippen molar-refractivity contribution in [3.63, 3.8) is 0 Å². The first-order valence-corrected chi connectivity index (χ1v) is 5.51. The van der Waals surface area contributed by atoms with Gasteiger partial charge in [-0.15, -0.1) is 0 Å². The van der Waals surface area contributed by atoms with Gasteiger partial charge < -0.3 is 21.1 Å². The summed E-state index contributed by atoms with van der Waals surface area (Å²) < 4.78 is 0. The van der Waals surface area contributed by atoms with E-state index in [1.165, 1.54) is 12.8 Å². The Hall–Kier alpha value is -0.200. The smallest absolute Gasteiger partial charge is 0.0558 e. The highest BCUT2D eigenvalue weighted by molar-refractivity contribution is 4.54. The van der Waals surface area contributed by atoms with Crippen LogP contribution in [0, 0.1) is 0 Å². The first kappa shape index (κ1) is 17.2. The van der Waals surface area contributed by atoms with E-state index in [1.54, 1.807) is 4.90 Å². The minimum Gasteiger partial charge on any atom is -0.395 e. The highest BCUT2D eigenvalue weighted by Crippen LogP contribution is 1.84. The second-order valence-corrected chi connectivity index (χ2v) is 3.15. The van der Waals surface area contributed by atoms with Crippen LogP contribution in [-0.2, 0) is 0 Å². The minimum absolute atomic E-state index is 0.0694. The van der Waals surface area contributed by atoms with Crippen LogP contribution in [0.15, 0.2) is 0 Å². The van der Waals surface area contributed by atoms with Crippen LogP contribution in [-0.4, -0.2) is 66.2 Å². The summed E-state index contributed by atoms with van der Waals surface area (Å²) in [5, 5.41) is 25.5. The average Bonchev–Trinajstić information content (AvgIpc) is 2.21. The monoisotopic (exact) mass is 222 g/mol. The number of unbranched alkanes of at least 4 members (excludes halogenated alkanes) is 1. The lowest BCUT2D eigenvalue weighted by Crippen LogP contribution is -2.32. The summed E-state index contributed by atoms with van der Waals surface area (Å²) in [6, 6.07) is 0. The predicted molar refractivity (Wildman–Crippen MR) is 61.7 cm³/mol. The molecule has 0 bridgehead atoms. The average molecular weight is 222 g/mol. The van der Waals surface area contributed by atoms with E-state index in [4.69, 9.17) is 21.1 Å². The van der Waals surface area contributed by atoms with Crippen molar-refractivity contribution in [2.45, 2.75) is 19.8 Å². The van der Waals surface area contributed by atoms with E-state index in [-0.39, 0.29) is 19.8 Å². The van der Waals surface area contributed by atoms with Gasteiger partial charge in [-0.1, -0.05) is 13.3 Å². The zero-order valence-electron chi connectivity index (χ0n) is 9.73. The van der Waals surface area contributed by atoms with Crippen LogP contribution in [0.2, 0.25) is 0 Å². The van der Waals surface area contributed by atoms with E-state index in [9.17, 15) is 0 Å². The van der Waals surface area contributed by atoms with Gasteiger partial charge in [0, 0.05) is 19.6 Å². The van der Waals surface area contributed by atoms with E-state index >= 15 is 0 Å². The molecule has 0 spiro atoms. The van der Waals surface area contributed by atoms with Crippen molar-refractivity contribution in [3.8, 4) is 0 Å². The van der Waals surface area contributed by atoms with E-state index in [0.717, 1.165) is 6.54 Å². The molecule has 0 unspecified atom stereocenters. The maximum absolute atomic E-state index is 8.48. The summed E-state index contributed by atoms with van der Waals surface area (Å²) >= 11 is 0. The van der Waals surface area contributed by atoms with E-state index in [2.05, 4.69) is 6.92 Å². The van der Waals surface area contributed by atoms with Crippen LogP contribution in [0.3, 0.4) is 0 Å². The molecule has 0 aliphatic carbocycles. The zero-order valence-corrected chi connectivity index (χ0v) is 9.73. The number of aliphatic hydroxyl groups is 3. The Bertz CT molecular complexity index is 88.4. The fourth-order valence-electron chi connectivity index (χ4n) is 0.964. The van der Waals surface area contributed by atoms with Gasteiger partial charge in [-0.25, -0.2) is 0 Å². The quantitative estimate of drug-likeness (QED) is 0.423. The highest BCUT2D eigenvalue weighted by Gasteiger charge is 2.00. The number of nitrogens with two attached hydrogens (primary N) is 1. The molecule has 0 saturated carbocycles. The Morgan fingerprint density at radius 3 is 1.47 bits per heavy atom. The molecule has 0 amide bonds. The lowest BCUT2D eigenvalue weighted by atomic mass is 10.3. The Morgan fingerprint density at radius 2 is 1.33 bits per heavy atom. The third-order valence-corrected chi connectivity index (χ3v) is 1.81. The van der Waals surface area contributed by atoms with Gasteiger partial charge in [-0.2, -0.15) is 0 Å². The fourth-order valence-corrected chi connectivity index (χ4v) is 0.964. The maximum Gasteiger partial charge on any atom is 0.0558 e. The topological polar surface area (TPSA) is 90.0 Å². The molecule has 0 aliphatic heterocycles. The second-order valence-electron chi connectivity index (χ2n) is 3.15. The Balaban J connectivity index is 0. The number of hydrogen-bond donors (Lipinski definition) is 4. The molecule has 0 atom stereocenters. The SMILES string of the molecule is CCCCN.OCCN(CCO)CCO. The molecule has 0 heterocycles. The molecule has 15 heavy (non-hydrogen) atoms. The van der Waals surface area contributed by atoms with Gasteiger partial charge in [0.2, 0.25) is 0 Å². The van der Waals surface area contributed by atoms with Crippen LogP contribution >= 0.6 is 0 Å². The van der Waals surface area contributed by atoms with Gasteiger partial charge in [0.25, 0.3) is 0 Å². The van der Waals surface area contributed by atoms with Crippen molar-refractivity contribution >= 4 is 0 Å². The summed E-state index contributed by atoms with van der Waals surface area (Å²) in [5.41, 5.74) is 5.14. The molecule has 0 fully saturated rings. The first-order chi connectivity index (χ1) is 7.26. The Labute approximate surface area is 92.5 Å². The van der Waals surface area contributed by atoms with Gasteiger partial charge in [0.05, 0.1) is 19.8 Å². The Morgan fingerprint density at radius 1 is 0.933 bits per heavy atom. The van der Waals surface area contributed by atoms with Gasteiger partial charge in [-0.3, -0.25) is 4.90 Å². The largest absolute Gasteiger partial charge is 0.395 e. The molecule has 0 rings (SSSR count). The second kappa shape index (κ2) is 16.2. The van der Waals surface area contributed by atoms with Gasteiger partial charge in [-0.05, 0) is 13.0 Å². The van der Waals surface area contributed by atoms with Crippen LogP contribution in [0.25, 0.3) is 0 Å². The van der Waals surface area contributed by atoms with Crippen LogP contribution in [0.1, 0.15) is 19.8 Å². The van der Waals surface area contributed by atoms with E-state index < -0.39 is 0 Å². The lowest BCUT2D eigenvalue weighted by Gasteiger charge is -2.17. The number of rotatable bonds is 8. The third-order valence-electron chi connectivity index (χ3n) is 1.81. The van der Waals surface area contributed by atoms with Crippen molar-refractivity contribution in [1.29, 1.82) is 0 Å². The van der Waals surface area contributed by atoms with Crippen molar-refractivity contribution in [3.05, 3.63) is 0 Å². The van der Waals surface area contributed by atoms with E-state index in [1.807, 2.05) is 0 Å². The van der Waals surface area contributed by atoms with Crippen LogP contribution < -0.4 is 5.73 Å². The van der Waals surface area contributed by atoms with Crippen molar-refractivity contribution in [1.82, 2.24) is 4.90 Å². The van der Waals surface area contributed by atoms with Crippen molar-refractivity contribution in [2.75, 3.05) is 46.0 Å². The molecule has 0 radical (unpaired) electrons. The molecule has 5 heteroatoms. The number of nitrogens with zero attached hydrogens (tertiary/aromatic N) is 1. The molecular weight excluding hydrogens is 196 g/mol. The summed E-state index contributed by atoms with van der Waals surface area (Å²) in [7, 11) is 0. The highest BCUT2D eigenvalue weighted by atomic mass is 16.3. The maximum atomic E-state index is 8.48. The molecule has 5 N–H and O–H groups in total. The predicted octanol–water partition coefficient (Wildman–Crippen LogP) is -0.989. The van der Waals surface area contributed by atoms with Gasteiger partial charge in [0.1, 0.15) is 0 Å². The lowest BCUT2D eigenvalue weighted by molar-refractivity contribution is 0.136. The molecule has 0 aromatic rings. The van der Waals surface area contributed by atoms with Gasteiger partial charge >= 0.3 is 0 Å². The summed E-state index contributed by atoms with van der Waals surface area (Å²) in [6.45, 7) is 4.73. The molecular formula is C10H26N2O3. The zero-order chi connectivity index (χ0) is 11.9. The standard InChI is InChI=1S/C6H15NO3.C4H11N/c8-4-1-7(2-5-9)3-6-10;1-2-3-4-5/h8-10H,1-6H2;2-5H2,1H3. The molecule has 94 valence electrons. The van der Waals surface area contributed by atoms with E-state index in [0.29, 0.717) is 19.6 Å². The summed E-state index contributed by atoms with van der Waals surface area (Å²) in [4.78, 5) is 1.79. The molecule has 0 aromatic heterocycles. The van der Waals surface area contributed by atoms with Gasteiger partial charge in [0.15, 0.2) is 0 Å². The first-order valence-electron chi connectivity index (χ1n) is 5.51. The third kappa shape index (κ3) is 16.5. The summed E-state index contributed by atoms with van der Waals surface area (Å²) in [6.07, 6.45) is 2.39.